The van der Waals surface area contributed by atoms with E-state index in [9.17, 15) is 0 Å². The van der Waals surface area contributed by atoms with Gasteiger partial charge in [0.15, 0.2) is 0 Å². The van der Waals surface area contributed by atoms with Gasteiger partial charge in [-0.2, -0.15) is 12.1 Å². The molecule has 8 aromatic carbocycles. The molecule has 0 bridgehead atoms. The molecular formula is C68H84Cl2SiZr. The van der Waals surface area contributed by atoms with E-state index >= 15 is 0 Å². The van der Waals surface area contributed by atoms with Gasteiger partial charge in [0, 0.05) is 9.52 Å². The summed E-state index contributed by atoms with van der Waals surface area (Å²) in [6, 6.07) is 55.8. The first-order chi connectivity index (χ1) is 34.0. The van der Waals surface area contributed by atoms with Gasteiger partial charge >= 0.3 is 37.9 Å². The molecule has 0 amide bonds. The molecule has 8 rings (SSSR count). The topological polar surface area (TPSA) is 0 Å². The second kappa shape index (κ2) is 26.1. The van der Waals surface area contributed by atoms with Gasteiger partial charge in [0.2, 0.25) is 0 Å². The van der Waals surface area contributed by atoms with Gasteiger partial charge in [0.05, 0.1) is 0 Å². The minimum absolute atomic E-state index is 0.171. The van der Waals surface area contributed by atoms with Crippen molar-refractivity contribution in [2.24, 2.45) is 0 Å². The van der Waals surface area contributed by atoms with Crippen LogP contribution in [0, 0.1) is 0 Å². The van der Waals surface area contributed by atoms with Crippen molar-refractivity contribution in [2.45, 2.75) is 170 Å². The summed E-state index contributed by atoms with van der Waals surface area (Å²) in [5, 5.41) is 5.51. The van der Waals surface area contributed by atoms with Crippen molar-refractivity contribution >= 4 is 48.1 Å². The Bertz CT molecular complexity index is 2510. The third-order valence-corrected chi connectivity index (χ3v) is 13.8. The van der Waals surface area contributed by atoms with Crippen LogP contribution in [0.4, 0.5) is 0 Å². The average molecular weight is 1090 g/mol. The SMILES string of the molecule is CCCCc1cc2c(-c3ccc(C(C)(C)C)cc3)ccc(-c3ccc(C(C)(C)C)cc3)c2[cH-]1.CCCCc1cc2c(-c3ccc(C(C)(C)C)cc3)ccc(-c3ccc(C(C)(C)C)cc3)c2[cH-]1.C[Si]C.[Cl][Zr+2][Cl]. The minimum atomic E-state index is -0.826. The number of fused-ring (bicyclic) bond motifs is 2. The third kappa shape index (κ3) is 15.6. The molecule has 0 saturated heterocycles. The molecule has 0 fully saturated rings. The Balaban J connectivity index is 0.000000241. The molecule has 0 nitrogen and oxygen atoms in total. The fourth-order valence-electron chi connectivity index (χ4n) is 9.38. The maximum atomic E-state index is 4.93. The van der Waals surface area contributed by atoms with E-state index in [0.29, 0.717) is 0 Å². The Morgan fingerprint density at radius 1 is 0.389 bits per heavy atom. The number of halogens is 2. The van der Waals surface area contributed by atoms with Gasteiger partial charge in [0.25, 0.3) is 0 Å². The number of hydrogen-bond donors (Lipinski definition) is 0. The Kier molecular flexibility index (Phi) is 21.4. The number of aryl methyl sites for hydroxylation is 2. The van der Waals surface area contributed by atoms with E-state index in [0.717, 1.165) is 22.4 Å². The molecule has 0 unspecified atom stereocenters. The van der Waals surface area contributed by atoms with Crippen molar-refractivity contribution in [3.63, 3.8) is 0 Å². The van der Waals surface area contributed by atoms with Crippen LogP contribution >= 0.6 is 17.0 Å². The molecule has 0 N–H and O–H groups in total. The van der Waals surface area contributed by atoms with E-state index in [1.54, 1.807) is 0 Å². The number of rotatable bonds is 10. The molecule has 0 aliphatic heterocycles. The molecule has 0 aliphatic rings. The van der Waals surface area contributed by atoms with Crippen molar-refractivity contribution in [3.05, 3.63) is 179 Å². The van der Waals surface area contributed by atoms with Crippen molar-refractivity contribution < 1.29 is 20.8 Å². The average Bonchev–Trinajstić information content (AvgIpc) is 3.97. The van der Waals surface area contributed by atoms with Crippen molar-refractivity contribution in [2.75, 3.05) is 0 Å². The second-order valence-corrected chi connectivity index (χ2v) is 28.5. The number of benzene rings is 6. The van der Waals surface area contributed by atoms with E-state index in [2.05, 4.69) is 256 Å². The van der Waals surface area contributed by atoms with Gasteiger partial charge in [0.1, 0.15) is 0 Å². The fourth-order valence-corrected chi connectivity index (χ4v) is 9.38. The van der Waals surface area contributed by atoms with Gasteiger partial charge in [-0.1, -0.05) is 290 Å². The summed E-state index contributed by atoms with van der Waals surface area (Å²) in [6.45, 7) is 36.1. The third-order valence-electron chi connectivity index (χ3n) is 13.8. The first-order valence-corrected chi connectivity index (χ1v) is 34.7. The van der Waals surface area contributed by atoms with E-state index in [4.69, 9.17) is 17.0 Å². The van der Waals surface area contributed by atoms with E-state index < -0.39 is 20.8 Å². The van der Waals surface area contributed by atoms with Crippen molar-refractivity contribution in [1.82, 2.24) is 0 Å². The molecule has 4 heteroatoms. The molecule has 0 heterocycles. The van der Waals surface area contributed by atoms with Crippen molar-refractivity contribution in [1.29, 1.82) is 0 Å². The standard InChI is InChI=1S/2C33H39.C2H6Si.2ClH.Zr/c2*1-8-9-10-23-21-30-28(24-11-15-26(16-12-24)32(2,3)4)19-20-29(31(30)22-23)25-13-17-27(18-14-25)33(5,6)7;1-3-2;;;/h2*11-22H,8-10H2,1-7H3;1-2H3;2*1H;/q2*-1;;;;+4/p-2. The molecule has 0 saturated carbocycles. The summed E-state index contributed by atoms with van der Waals surface area (Å²) >= 11 is -0.826. The molecule has 0 spiro atoms. The van der Waals surface area contributed by atoms with Crippen LogP contribution in [0.15, 0.2) is 146 Å². The first-order valence-electron chi connectivity index (χ1n) is 26.4. The van der Waals surface area contributed by atoms with Crippen LogP contribution < -0.4 is 0 Å². The zero-order valence-electron chi connectivity index (χ0n) is 46.9. The van der Waals surface area contributed by atoms with Crippen LogP contribution in [0.1, 0.15) is 156 Å². The van der Waals surface area contributed by atoms with Gasteiger partial charge in [-0.05, 0) is 67.9 Å². The van der Waals surface area contributed by atoms with Crippen molar-refractivity contribution in [3.8, 4) is 44.5 Å². The van der Waals surface area contributed by atoms with E-state index in [-0.39, 0.29) is 21.7 Å². The molecule has 2 radical (unpaired) electrons. The maximum absolute atomic E-state index is 4.93. The number of unbranched alkanes of at least 4 members (excludes halogenated alkanes) is 2. The Morgan fingerprint density at radius 3 is 0.833 bits per heavy atom. The first kappa shape index (κ1) is 59.1. The molecule has 0 atom stereocenters. The fraction of sp³-hybridized carbons (Fsp3) is 0.382. The molecule has 0 aliphatic carbocycles. The molecule has 72 heavy (non-hydrogen) atoms. The predicted molar refractivity (Wildman–Crippen MR) is 322 cm³/mol. The van der Waals surface area contributed by atoms with Crippen LogP contribution in [0.25, 0.3) is 66.1 Å². The van der Waals surface area contributed by atoms with Crippen LogP contribution in [0.3, 0.4) is 0 Å². The van der Waals surface area contributed by atoms with Gasteiger partial charge in [-0.3, -0.25) is 0 Å². The summed E-state index contributed by atoms with van der Waals surface area (Å²) < 4.78 is 0. The monoisotopic (exact) mass is 1090 g/mol. The molecule has 8 aromatic rings. The quantitative estimate of drug-likeness (QED) is 0.0946. The van der Waals surface area contributed by atoms with Crippen LogP contribution in [0.5, 0.6) is 0 Å². The van der Waals surface area contributed by atoms with Gasteiger partial charge in [-0.15, -0.1) is 44.8 Å². The summed E-state index contributed by atoms with van der Waals surface area (Å²) in [4.78, 5) is 0. The summed E-state index contributed by atoms with van der Waals surface area (Å²) in [5.41, 5.74) is 19.7. The Morgan fingerprint density at radius 2 is 0.611 bits per heavy atom. The van der Waals surface area contributed by atoms with Crippen LogP contribution in [-0.4, -0.2) is 9.52 Å². The van der Waals surface area contributed by atoms with Gasteiger partial charge in [-0.25, -0.2) is 0 Å². The number of hydrogen-bond acceptors (Lipinski definition) is 0. The summed E-state index contributed by atoms with van der Waals surface area (Å²) in [5.74, 6) is 0. The van der Waals surface area contributed by atoms with Crippen LogP contribution in [0.2, 0.25) is 13.1 Å². The van der Waals surface area contributed by atoms with Crippen LogP contribution in [-0.2, 0) is 55.3 Å². The summed E-state index contributed by atoms with van der Waals surface area (Å²) in [7, 11) is 11.0. The Labute approximate surface area is 459 Å². The Hall–Kier alpha value is -3.78. The predicted octanol–water partition coefficient (Wildman–Crippen LogP) is 21.8. The molecular weight excluding hydrogens is 1010 g/mol. The normalized spacial score (nSPS) is 11.8. The zero-order chi connectivity index (χ0) is 53.0. The zero-order valence-corrected chi connectivity index (χ0v) is 51.8. The second-order valence-electron chi connectivity index (χ2n) is 23.8. The summed E-state index contributed by atoms with van der Waals surface area (Å²) in [6.07, 6.45) is 7.22. The molecule has 378 valence electrons. The van der Waals surface area contributed by atoms with E-state index in [1.807, 2.05) is 0 Å². The van der Waals surface area contributed by atoms with E-state index in [1.165, 1.54) is 125 Å². The molecule has 0 aromatic heterocycles. The van der Waals surface area contributed by atoms with Gasteiger partial charge < -0.3 is 0 Å².